The molecule has 0 saturated heterocycles. The van der Waals surface area contributed by atoms with Crippen molar-refractivity contribution >= 4 is 31.7 Å². The van der Waals surface area contributed by atoms with E-state index in [1.165, 1.54) is 31.4 Å². The highest BCUT2D eigenvalue weighted by atomic mass is 127. The fourth-order valence-corrected chi connectivity index (χ4v) is 4.07. The first-order valence-corrected chi connectivity index (χ1v) is 8.00. The van der Waals surface area contributed by atoms with Gasteiger partial charge in [-0.3, -0.25) is 0 Å². The molecule has 1 unspecified atom stereocenters. The van der Waals surface area contributed by atoms with Gasteiger partial charge in [-0.1, -0.05) is 48.6 Å². The number of rotatable bonds is 3. The van der Waals surface area contributed by atoms with Crippen LogP contribution in [-0.4, -0.2) is 7.11 Å². The Balaban J connectivity index is 2.16. The molecule has 1 atom stereocenters. The standard InChI is InChI=1S/C19H17IO/c1-12(2)17-15-6-4-5-7-16(15)19(20)18(17)13-8-10-14(21-3)11-9-13/h4-11,17H,1H2,2-3H3. The number of methoxy groups -OCH3 is 1. The van der Waals surface area contributed by atoms with Gasteiger partial charge in [0, 0.05) is 9.50 Å². The summed E-state index contributed by atoms with van der Waals surface area (Å²) >= 11 is 2.46. The summed E-state index contributed by atoms with van der Waals surface area (Å²) in [4.78, 5) is 0. The molecule has 2 aromatic carbocycles. The normalized spacial score (nSPS) is 16.8. The molecule has 2 heteroatoms. The number of allylic oxidation sites excluding steroid dienone is 2. The van der Waals surface area contributed by atoms with Crippen molar-refractivity contribution in [3.05, 3.63) is 77.4 Å². The summed E-state index contributed by atoms with van der Waals surface area (Å²) in [6.45, 7) is 6.33. The van der Waals surface area contributed by atoms with Gasteiger partial charge in [-0.2, -0.15) is 0 Å². The van der Waals surface area contributed by atoms with E-state index in [2.05, 4.69) is 72.5 Å². The highest BCUT2D eigenvalue weighted by Gasteiger charge is 2.31. The third kappa shape index (κ3) is 2.42. The zero-order chi connectivity index (χ0) is 15.0. The summed E-state index contributed by atoms with van der Waals surface area (Å²) in [7, 11) is 1.69. The summed E-state index contributed by atoms with van der Waals surface area (Å²) in [5.74, 6) is 1.17. The Kier molecular flexibility index (Phi) is 3.89. The highest BCUT2D eigenvalue weighted by molar-refractivity contribution is 14.1. The van der Waals surface area contributed by atoms with Crippen LogP contribution in [0.1, 0.15) is 29.5 Å². The van der Waals surface area contributed by atoms with E-state index in [4.69, 9.17) is 4.74 Å². The molecule has 21 heavy (non-hydrogen) atoms. The van der Waals surface area contributed by atoms with Gasteiger partial charge in [0.2, 0.25) is 0 Å². The van der Waals surface area contributed by atoms with Crippen LogP contribution in [0.3, 0.4) is 0 Å². The van der Waals surface area contributed by atoms with Crippen LogP contribution in [0.15, 0.2) is 60.7 Å². The molecule has 2 aromatic rings. The van der Waals surface area contributed by atoms with Crippen LogP contribution < -0.4 is 4.74 Å². The number of hydrogen-bond acceptors (Lipinski definition) is 1. The first-order chi connectivity index (χ1) is 10.1. The average molecular weight is 388 g/mol. The van der Waals surface area contributed by atoms with Crippen molar-refractivity contribution < 1.29 is 4.74 Å². The Morgan fingerprint density at radius 3 is 2.38 bits per heavy atom. The fourth-order valence-electron chi connectivity index (χ4n) is 2.95. The first-order valence-electron chi connectivity index (χ1n) is 6.92. The predicted octanol–water partition coefficient (Wildman–Crippen LogP) is 5.67. The average Bonchev–Trinajstić information content (AvgIpc) is 2.81. The predicted molar refractivity (Wildman–Crippen MR) is 97.8 cm³/mol. The molecule has 0 bridgehead atoms. The number of hydrogen-bond donors (Lipinski definition) is 0. The molecule has 1 aliphatic rings. The Morgan fingerprint density at radius 2 is 1.76 bits per heavy atom. The largest absolute Gasteiger partial charge is 0.497 e. The molecule has 0 aromatic heterocycles. The van der Waals surface area contributed by atoms with E-state index in [0.717, 1.165) is 5.75 Å². The van der Waals surface area contributed by atoms with E-state index in [0.29, 0.717) is 0 Å². The summed E-state index contributed by atoms with van der Waals surface area (Å²) in [5.41, 5.74) is 6.47. The lowest BCUT2D eigenvalue weighted by Gasteiger charge is -2.17. The number of ether oxygens (including phenoxy) is 1. The van der Waals surface area contributed by atoms with Crippen LogP contribution in [0.5, 0.6) is 5.75 Å². The lowest BCUT2D eigenvalue weighted by Crippen LogP contribution is -1.99. The summed E-state index contributed by atoms with van der Waals surface area (Å²) in [5, 5.41) is 0. The van der Waals surface area contributed by atoms with E-state index >= 15 is 0 Å². The molecule has 0 aliphatic heterocycles. The summed E-state index contributed by atoms with van der Waals surface area (Å²) in [6, 6.07) is 16.9. The minimum Gasteiger partial charge on any atom is -0.497 e. The molecule has 0 N–H and O–H groups in total. The van der Waals surface area contributed by atoms with Crippen molar-refractivity contribution in [2.24, 2.45) is 0 Å². The SMILES string of the molecule is C=C(C)C1C(c2ccc(OC)cc2)=C(I)c2ccccc21. The summed E-state index contributed by atoms with van der Waals surface area (Å²) < 4.78 is 6.58. The molecule has 3 rings (SSSR count). The van der Waals surface area contributed by atoms with Crippen molar-refractivity contribution in [2.45, 2.75) is 12.8 Å². The van der Waals surface area contributed by atoms with Gasteiger partial charge in [0.05, 0.1) is 7.11 Å². The molecule has 0 radical (unpaired) electrons. The minimum absolute atomic E-state index is 0.279. The molecule has 106 valence electrons. The molecule has 0 fully saturated rings. The number of fused-ring (bicyclic) bond motifs is 1. The van der Waals surface area contributed by atoms with Gasteiger partial charge in [0.15, 0.2) is 0 Å². The maximum absolute atomic E-state index is 5.26. The van der Waals surface area contributed by atoms with Crippen LogP contribution >= 0.6 is 22.6 Å². The molecule has 1 aliphatic carbocycles. The number of benzene rings is 2. The lowest BCUT2D eigenvalue weighted by molar-refractivity contribution is 0.415. The summed E-state index contributed by atoms with van der Waals surface area (Å²) in [6.07, 6.45) is 0. The Hall–Kier alpha value is -1.55. The van der Waals surface area contributed by atoms with E-state index in [1.54, 1.807) is 7.11 Å². The fraction of sp³-hybridized carbons (Fsp3) is 0.158. The van der Waals surface area contributed by atoms with Crippen LogP contribution in [0, 0.1) is 0 Å². The molecular formula is C19H17IO. The van der Waals surface area contributed by atoms with Crippen molar-refractivity contribution in [1.29, 1.82) is 0 Å². The van der Waals surface area contributed by atoms with E-state index in [1.807, 2.05) is 12.1 Å². The maximum Gasteiger partial charge on any atom is 0.118 e. The van der Waals surface area contributed by atoms with E-state index in [-0.39, 0.29) is 5.92 Å². The third-order valence-electron chi connectivity index (χ3n) is 3.93. The second kappa shape index (κ2) is 5.68. The minimum atomic E-state index is 0.279. The number of halogens is 1. The first kappa shape index (κ1) is 14.4. The van der Waals surface area contributed by atoms with Crippen LogP contribution in [0.25, 0.3) is 9.15 Å². The second-order valence-corrected chi connectivity index (χ2v) is 6.40. The van der Waals surface area contributed by atoms with E-state index < -0.39 is 0 Å². The maximum atomic E-state index is 5.26. The van der Waals surface area contributed by atoms with Gasteiger partial charge >= 0.3 is 0 Å². The quantitative estimate of drug-likeness (QED) is 0.486. The molecule has 0 heterocycles. The second-order valence-electron chi connectivity index (χ2n) is 5.32. The topological polar surface area (TPSA) is 9.23 Å². The molecule has 0 amide bonds. The zero-order valence-electron chi connectivity index (χ0n) is 12.2. The van der Waals surface area contributed by atoms with Crippen molar-refractivity contribution in [1.82, 2.24) is 0 Å². The van der Waals surface area contributed by atoms with Crippen molar-refractivity contribution in [3.63, 3.8) is 0 Å². The van der Waals surface area contributed by atoms with Gasteiger partial charge in [-0.25, -0.2) is 0 Å². The van der Waals surface area contributed by atoms with Crippen LogP contribution in [-0.2, 0) is 0 Å². The van der Waals surface area contributed by atoms with Crippen LogP contribution in [0.2, 0.25) is 0 Å². The monoisotopic (exact) mass is 388 g/mol. The Morgan fingerprint density at radius 1 is 1.10 bits per heavy atom. The Labute approximate surface area is 139 Å². The van der Waals surface area contributed by atoms with Gasteiger partial charge in [0.1, 0.15) is 5.75 Å². The molecule has 1 nitrogen and oxygen atoms in total. The van der Waals surface area contributed by atoms with Crippen molar-refractivity contribution in [2.75, 3.05) is 7.11 Å². The Bertz CT molecular complexity index is 725. The smallest absolute Gasteiger partial charge is 0.118 e. The third-order valence-corrected chi connectivity index (χ3v) is 5.09. The lowest BCUT2D eigenvalue weighted by atomic mass is 9.86. The van der Waals surface area contributed by atoms with Gasteiger partial charge in [-0.05, 0) is 63.9 Å². The van der Waals surface area contributed by atoms with Crippen LogP contribution in [0.4, 0.5) is 0 Å². The molecule has 0 spiro atoms. The highest BCUT2D eigenvalue weighted by Crippen LogP contribution is 2.52. The van der Waals surface area contributed by atoms with Gasteiger partial charge in [0.25, 0.3) is 0 Å². The molecular weight excluding hydrogens is 371 g/mol. The molecule has 0 saturated carbocycles. The van der Waals surface area contributed by atoms with Gasteiger partial charge in [-0.15, -0.1) is 0 Å². The zero-order valence-corrected chi connectivity index (χ0v) is 14.3. The van der Waals surface area contributed by atoms with E-state index in [9.17, 15) is 0 Å². The van der Waals surface area contributed by atoms with Crippen molar-refractivity contribution in [3.8, 4) is 5.75 Å². The van der Waals surface area contributed by atoms with Gasteiger partial charge < -0.3 is 4.74 Å².